The lowest BCUT2D eigenvalue weighted by molar-refractivity contribution is -0.123. The minimum atomic E-state index is -0.766. The van der Waals surface area contributed by atoms with E-state index in [-0.39, 0.29) is 5.91 Å². The van der Waals surface area contributed by atoms with E-state index in [0.29, 0.717) is 17.1 Å². The fraction of sp³-hybridized carbons (Fsp3) is 0.417. The highest BCUT2D eigenvalue weighted by molar-refractivity contribution is 5.83. The first-order valence-electron chi connectivity index (χ1n) is 5.49. The van der Waals surface area contributed by atoms with E-state index < -0.39 is 6.04 Å². The summed E-state index contributed by atoms with van der Waals surface area (Å²) in [6.45, 7) is 1.86. The Balaban J connectivity index is 3.12. The fourth-order valence-corrected chi connectivity index (χ4v) is 1.67. The second-order valence-corrected chi connectivity index (χ2v) is 3.78. The van der Waals surface area contributed by atoms with Crippen molar-refractivity contribution in [3.05, 3.63) is 23.3 Å². The van der Waals surface area contributed by atoms with Gasteiger partial charge in [0.05, 0.1) is 14.2 Å². The van der Waals surface area contributed by atoms with Crippen LogP contribution >= 0.6 is 0 Å². The summed E-state index contributed by atoms with van der Waals surface area (Å²) in [5.41, 5.74) is 12.5. The number of hydrogen-bond donors (Lipinski definition) is 3. The number of carbonyl (C=O) groups is 1. The lowest BCUT2D eigenvalue weighted by Crippen LogP contribution is -2.41. The number of nitrogens with one attached hydrogen (secondary N) is 2. The van der Waals surface area contributed by atoms with Crippen LogP contribution in [0.4, 0.5) is 0 Å². The van der Waals surface area contributed by atoms with Gasteiger partial charge >= 0.3 is 0 Å². The number of methoxy groups -OCH3 is 2. The number of carbonyl (C=O) groups excluding carboxylic acids is 1. The van der Waals surface area contributed by atoms with Crippen molar-refractivity contribution in [1.82, 2.24) is 10.9 Å². The van der Waals surface area contributed by atoms with Crippen molar-refractivity contribution in [2.45, 2.75) is 13.0 Å². The third-order valence-corrected chi connectivity index (χ3v) is 2.64. The molecule has 1 rings (SSSR count). The molecular formula is C12H19N3O3. The normalized spacial score (nSPS) is 11.8. The molecule has 0 saturated heterocycles. The summed E-state index contributed by atoms with van der Waals surface area (Å²) in [6, 6.07) is 2.74. The average molecular weight is 253 g/mol. The first-order chi connectivity index (χ1) is 8.54. The van der Waals surface area contributed by atoms with Crippen LogP contribution in [-0.2, 0) is 4.79 Å². The van der Waals surface area contributed by atoms with Gasteiger partial charge in [0.2, 0.25) is 0 Å². The molecule has 6 heteroatoms. The maximum atomic E-state index is 11.7. The van der Waals surface area contributed by atoms with Crippen LogP contribution in [0.2, 0.25) is 0 Å². The summed E-state index contributed by atoms with van der Waals surface area (Å²) in [5, 5.41) is 0. The lowest BCUT2D eigenvalue weighted by atomic mass is 10.0. The molecule has 1 atom stereocenters. The largest absolute Gasteiger partial charge is 0.493 e. The molecule has 0 radical (unpaired) electrons. The Hall–Kier alpha value is -1.79. The smallest absolute Gasteiger partial charge is 0.255 e. The molecule has 0 aromatic heterocycles. The standard InChI is InChI=1S/C12H19N3O3/c1-7-5-9(17-3)10(18-4)6-8(7)11(13)12(16)15-14-2/h5-6,11,14H,13H2,1-4H3,(H,15,16). The monoisotopic (exact) mass is 253 g/mol. The van der Waals surface area contributed by atoms with E-state index in [2.05, 4.69) is 10.9 Å². The summed E-state index contributed by atoms with van der Waals surface area (Å²) >= 11 is 0. The molecule has 1 amide bonds. The summed E-state index contributed by atoms with van der Waals surface area (Å²) in [4.78, 5) is 11.7. The van der Waals surface area contributed by atoms with Crippen molar-refractivity contribution < 1.29 is 14.3 Å². The third-order valence-electron chi connectivity index (χ3n) is 2.64. The molecular weight excluding hydrogens is 234 g/mol. The van der Waals surface area contributed by atoms with Gasteiger partial charge in [0.25, 0.3) is 5.91 Å². The Kier molecular flexibility index (Phi) is 4.94. The summed E-state index contributed by atoms with van der Waals surface area (Å²) in [5.74, 6) is 0.846. The van der Waals surface area contributed by atoms with E-state index in [9.17, 15) is 4.79 Å². The topological polar surface area (TPSA) is 85.6 Å². The maximum absolute atomic E-state index is 11.7. The Bertz CT molecular complexity index is 435. The molecule has 0 aliphatic rings. The Morgan fingerprint density at radius 3 is 2.33 bits per heavy atom. The zero-order valence-electron chi connectivity index (χ0n) is 11.0. The minimum absolute atomic E-state index is 0.312. The Morgan fingerprint density at radius 1 is 1.28 bits per heavy atom. The predicted octanol–water partition coefficient (Wildman–Crippen LogP) is 0.263. The summed E-state index contributed by atoms with van der Waals surface area (Å²) in [7, 11) is 4.70. The van der Waals surface area contributed by atoms with Gasteiger partial charge in [0, 0.05) is 7.05 Å². The number of ether oxygens (including phenoxy) is 2. The second kappa shape index (κ2) is 6.23. The van der Waals surface area contributed by atoms with Crippen molar-refractivity contribution in [3.63, 3.8) is 0 Å². The predicted molar refractivity (Wildman–Crippen MR) is 68.4 cm³/mol. The number of rotatable bonds is 5. The molecule has 0 bridgehead atoms. The molecule has 4 N–H and O–H groups in total. The van der Waals surface area contributed by atoms with Gasteiger partial charge in [0.1, 0.15) is 6.04 Å². The van der Waals surface area contributed by atoms with Crippen LogP contribution in [0.25, 0.3) is 0 Å². The van der Waals surface area contributed by atoms with Crippen molar-refractivity contribution >= 4 is 5.91 Å². The van der Waals surface area contributed by atoms with Crippen LogP contribution in [0.5, 0.6) is 11.5 Å². The highest BCUT2D eigenvalue weighted by atomic mass is 16.5. The highest BCUT2D eigenvalue weighted by Gasteiger charge is 2.19. The Labute approximate surface area is 106 Å². The molecule has 1 aromatic carbocycles. The summed E-state index contributed by atoms with van der Waals surface area (Å²) < 4.78 is 10.4. The molecule has 1 aromatic rings. The molecule has 0 aliphatic carbocycles. The number of benzene rings is 1. The van der Waals surface area contributed by atoms with E-state index in [1.54, 1.807) is 26.3 Å². The molecule has 0 saturated carbocycles. The van der Waals surface area contributed by atoms with E-state index in [1.807, 2.05) is 6.92 Å². The van der Waals surface area contributed by atoms with E-state index >= 15 is 0 Å². The van der Waals surface area contributed by atoms with Gasteiger partial charge in [0.15, 0.2) is 11.5 Å². The van der Waals surface area contributed by atoms with Gasteiger partial charge in [-0.05, 0) is 30.2 Å². The van der Waals surface area contributed by atoms with Gasteiger partial charge in [-0.25, -0.2) is 5.43 Å². The zero-order chi connectivity index (χ0) is 13.7. The lowest BCUT2D eigenvalue weighted by Gasteiger charge is -2.17. The number of aryl methyl sites for hydroxylation is 1. The van der Waals surface area contributed by atoms with Crippen molar-refractivity contribution in [3.8, 4) is 11.5 Å². The van der Waals surface area contributed by atoms with E-state index in [1.165, 1.54) is 7.11 Å². The van der Waals surface area contributed by atoms with Gasteiger partial charge in [-0.3, -0.25) is 10.2 Å². The highest BCUT2D eigenvalue weighted by Crippen LogP contribution is 2.32. The SMILES string of the molecule is CNNC(=O)C(N)c1cc(OC)c(OC)cc1C. The van der Waals surface area contributed by atoms with Crippen LogP contribution in [0.3, 0.4) is 0 Å². The minimum Gasteiger partial charge on any atom is -0.493 e. The number of hydrogen-bond acceptors (Lipinski definition) is 5. The molecule has 100 valence electrons. The van der Waals surface area contributed by atoms with Crippen LogP contribution in [0.15, 0.2) is 12.1 Å². The van der Waals surface area contributed by atoms with Gasteiger partial charge < -0.3 is 15.2 Å². The number of amides is 1. The molecule has 0 aliphatic heterocycles. The van der Waals surface area contributed by atoms with E-state index in [4.69, 9.17) is 15.2 Å². The number of hydrazine groups is 1. The van der Waals surface area contributed by atoms with Crippen molar-refractivity contribution in [1.29, 1.82) is 0 Å². The molecule has 0 heterocycles. The second-order valence-electron chi connectivity index (χ2n) is 3.78. The first-order valence-corrected chi connectivity index (χ1v) is 5.49. The van der Waals surface area contributed by atoms with Crippen molar-refractivity contribution in [2.24, 2.45) is 5.73 Å². The van der Waals surface area contributed by atoms with E-state index in [0.717, 1.165) is 5.56 Å². The van der Waals surface area contributed by atoms with Crippen LogP contribution in [0, 0.1) is 6.92 Å². The Morgan fingerprint density at radius 2 is 1.83 bits per heavy atom. The zero-order valence-corrected chi connectivity index (χ0v) is 11.0. The third kappa shape index (κ3) is 2.91. The van der Waals surface area contributed by atoms with Crippen LogP contribution in [-0.4, -0.2) is 27.2 Å². The van der Waals surface area contributed by atoms with Crippen LogP contribution < -0.4 is 26.1 Å². The van der Waals surface area contributed by atoms with Gasteiger partial charge in [-0.2, -0.15) is 0 Å². The van der Waals surface area contributed by atoms with Crippen LogP contribution in [0.1, 0.15) is 17.2 Å². The molecule has 0 spiro atoms. The molecule has 6 nitrogen and oxygen atoms in total. The molecule has 18 heavy (non-hydrogen) atoms. The first kappa shape index (κ1) is 14.3. The average Bonchev–Trinajstić information content (AvgIpc) is 2.37. The van der Waals surface area contributed by atoms with Crippen molar-refractivity contribution in [2.75, 3.05) is 21.3 Å². The fourth-order valence-electron chi connectivity index (χ4n) is 1.67. The molecule has 1 unspecified atom stereocenters. The van der Waals surface area contributed by atoms with Gasteiger partial charge in [-0.1, -0.05) is 0 Å². The quantitative estimate of drug-likeness (QED) is 0.655. The van der Waals surface area contributed by atoms with Gasteiger partial charge in [-0.15, -0.1) is 0 Å². The summed E-state index contributed by atoms with van der Waals surface area (Å²) in [6.07, 6.45) is 0. The number of nitrogens with two attached hydrogens (primary N) is 1. The maximum Gasteiger partial charge on any atom is 0.255 e. The molecule has 0 fully saturated rings.